The summed E-state index contributed by atoms with van der Waals surface area (Å²) in [7, 11) is 0. The molecule has 0 aromatic carbocycles. The summed E-state index contributed by atoms with van der Waals surface area (Å²) in [5, 5.41) is 0. The van der Waals surface area contributed by atoms with Crippen LogP contribution in [-0.4, -0.2) is 10.9 Å². The number of hydrogen-bond acceptors (Lipinski definition) is 3. The Morgan fingerprint density at radius 2 is 2.05 bits per heavy atom. The first-order chi connectivity index (χ1) is 9.31. The van der Waals surface area contributed by atoms with Crippen molar-refractivity contribution in [3.63, 3.8) is 0 Å². The number of furan rings is 1. The molecule has 3 rings (SSSR count). The molecule has 0 radical (unpaired) electrons. The third-order valence-corrected chi connectivity index (χ3v) is 5.38. The second-order valence-corrected chi connectivity index (χ2v) is 7.68. The van der Waals surface area contributed by atoms with Gasteiger partial charge < -0.3 is 4.42 Å². The molecule has 0 aliphatic heterocycles. The van der Waals surface area contributed by atoms with Crippen LogP contribution < -0.4 is 0 Å². The maximum absolute atomic E-state index is 5.52. The van der Waals surface area contributed by atoms with Crippen LogP contribution in [0.2, 0.25) is 0 Å². The maximum atomic E-state index is 5.52. The molecule has 0 amide bonds. The monoisotopic (exact) mass is 339 g/mol. The normalized spacial score (nSPS) is 16.5. The number of rotatable bonds is 5. The molecular weight excluding hydrogens is 322 g/mol. The Kier molecular flexibility index (Phi) is 4.41. The highest BCUT2D eigenvalue weighted by atomic mass is 79.9. The van der Waals surface area contributed by atoms with Gasteiger partial charge in [-0.15, -0.1) is 11.3 Å². The van der Waals surface area contributed by atoms with E-state index in [2.05, 4.69) is 39.0 Å². The molecule has 2 aromatic heterocycles. The molecule has 0 N–H and O–H groups in total. The van der Waals surface area contributed by atoms with E-state index >= 15 is 0 Å². The second kappa shape index (κ2) is 6.25. The van der Waals surface area contributed by atoms with E-state index in [0.717, 1.165) is 18.8 Å². The molecule has 1 saturated carbocycles. The minimum absolute atomic E-state index is 0.714. The summed E-state index contributed by atoms with van der Waals surface area (Å²) in [5.41, 5.74) is 0. The number of thiophene rings is 1. The predicted octanol–water partition coefficient (Wildman–Crippen LogP) is 5.05. The molecule has 0 spiro atoms. The topological polar surface area (TPSA) is 16.4 Å². The van der Waals surface area contributed by atoms with Crippen molar-refractivity contribution in [2.75, 3.05) is 0 Å². The van der Waals surface area contributed by atoms with Crippen molar-refractivity contribution in [3.8, 4) is 0 Å². The van der Waals surface area contributed by atoms with Gasteiger partial charge in [-0.3, -0.25) is 4.90 Å². The Morgan fingerprint density at radius 1 is 1.21 bits per heavy atom. The van der Waals surface area contributed by atoms with Gasteiger partial charge >= 0.3 is 0 Å². The summed E-state index contributed by atoms with van der Waals surface area (Å²) in [6.07, 6.45) is 7.16. The zero-order chi connectivity index (χ0) is 13.1. The zero-order valence-electron chi connectivity index (χ0n) is 10.8. The van der Waals surface area contributed by atoms with E-state index in [1.165, 1.54) is 34.3 Å². The van der Waals surface area contributed by atoms with Crippen LogP contribution in [0.1, 0.15) is 36.3 Å². The van der Waals surface area contributed by atoms with Crippen LogP contribution >= 0.6 is 27.3 Å². The van der Waals surface area contributed by atoms with Gasteiger partial charge in [0.15, 0.2) is 0 Å². The lowest BCUT2D eigenvalue weighted by Crippen LogP contribution is -2.31. The van der Waals surface area contributed by atoms with Gasteiger partial charge in [-0.05, 0) is 53.0 Å². The first-order valence-corrected chi connectivity index (χ1v) is 8.43. The van der Waals surface area contributed by atoms with E-state index in [0.29, 0.717) is 6.04 Å². The molecule has 0 atom stereocenters. The molecule has 1 fully saturated rings. The van der Waals surface area contributed by atoms with Crippen LogP contribution in [0.25, 0.3) is 0 Å². The lowest BCUT2D eigenvalue weighted by Gasteiger charge is -2.27. The zero-order valence-corrected chi connectivity index (χ0v) is 13.3. The fourth-order valence-electron chi connectivity index (χ4n) is 2.82. The van der Waals surface area contributed by atoms with E-state index in [4.69, 9.17) is 4.42 Å². The van der Waals surface area contributed by atoms with Crippen molar-refractivity contribution in [2.45, 2.75) is 44.8 Å². The van der Waals surface area contributed by atoms with Crippen LogP contribution in [0.5, 0.6) is 0 Å². The number of hydrogen-bond donors (Lipinski definition) is 0. The molecule has 1 aliphatic rings. The van der Waals surface area contributed by atoms with Crippen LogP contribution in [0.3, 0.4) is 0 Å². The largest absolute Gasteiger partial charge is 0.468 e. The Morgan fingerprint density at radius 3 is 2.68 bits per heavy atom. The van der Waals surface area contributed by atoms with Gasteiger partial charge in [-0.1, -0.05) is 12.8 Å². The maximum Gasteiger partial charge on any atom is 0.117 e. The molecule has 4 heteroatoms. The first-order valence-electron chi connectivity index (χ1n) is 6.82. The highest BCUT2D eigenvalue weighted by molar-refractivity contribution is 9.11. The van der Waals surface area contributed by atoms with Crippen molar-refractivity contribution in [1.82, 2.24) is 4.90 Å². The molecule has 2 aromatic rings. The minimum atomic E-state index is 0.714. The third kappa shape index (κ3) is 3.50. The van der Waals surface area contributed by atoms with Gasteiger partial charge in [0.2, 0.25) is 0 Å². The highest BCUT2D eigenvalue weighted by Gasteiger charge is 2.23. The lowest BCUT2D eigenvalue weighted by molar-refractivity contribution is 0.168. The Bertz CT molecular complexity index is 502. The molecule has 19 heavy (non-hydrogen) atoms. The number of halogens is 1. The molecule has 2 nitrogen and oxygen atoms in total. The fourth-order valence-corrected chi connectivity index (χ4v) is 4.33. The van der Waals surface area contributed by atoms with Crippen molar-refractivity contribution in [1.29, 1.82) is 0 Å². The quantitative estimate of drug-likeness (QED) is 0.757. The van der Waals surface area contributed by atoms with E-state index in [-0.39, 0.29) is 0 Å². The fraction of sp³-hybridized carbons (Fsp3) is 0.467. The Labute approximate surface area is 126 Å². The molecule has 2 heterocycles. The molecule has 102 valence electrons. The van der Waals surface area contributed by atoms with Gasteiger partial charge in [0, 0.05) is 17.5 Å². The minimum Gasteiger partial charge on any atom is -0.468 e. The van der Waals surface area contributed by atoms with Crippen molar-refractivity contribution < 1.29 is 4.42 Å². The van der Waals surface area contributed by atoms with Crippen molar-refractivity contribution >= 4 is 27.3 Å². The van der Waals surface area contributed by atoms with Gasteiger partial charge in [0.25, 0.3) is 0 Å². The van der Waals surface area contributed by atoms with Crippen molar-refractivity contribution in [2.24, 2.45) is 0 Å². The molecular formula is C15H18BrNOS. The van der Waals surface area contributed by atoms with E-state index < -0.39 is 0 Å². The second-order valence-electron chi connectivity index (χ2n) is 5.13. The Hall–Kier alpha value is -0.580. The number of nitrogens with zero attached hydrogens (tertiary/aromatic N) is 1. The predicted molar refractivity (Wildman–Crippen MR) is 82.2 cm³/mol. The average molecular weight is 340 g/mol. The summed E-state index contributed by atoms with van der Waals surface area (Å²) in [6, 6.07) is 9.13. The van der Waals surface area contributed by atoms with E-state index in [9.17, 15) is 0 Å². The van der Waals surface area contributed by atoms with Crippen LogP contribution in [0, 0.1) is 0 Å². The van der Waals surface area contributed by atoms with Gasteiger partial charge in [-0.25, -0.2) is 0 Å². The molecule has 0 saturated heterocycles. The summed E-state index contributed by atoms with van der Waals surface area (Å²) in [6.45, 7) is 1.95. The average Bonchev–Trinajstić information content (AvgIpc) is 3.10. The van der Waals surface area contributed by atoms with Gasteiger partial charge in [-0.2, -0.15) is 0 Å². The van der Waals surface area contributed by atoms with Crippen LogP contribution in [0.4, 0.5) is 0 Å². The SMILES string of the molecule is Brc1ccc(CN(Cc2ccco2)C2CCCC2)s1. The van der Waals surface area contributed by atoms with Gasteiger partial charge in [0.1, 0.15) is 5.76 Å². The smallest absolute Gasteiger partial charge is 0.117 e. The molecule has 0 bridgehead atoms. The van der Waals surface area contributed by atoms with E-state index in [1.54, 1.807) is 6.26 Å². The van der Waals surface area contributed by atoms with E-state index in [1.807, 2.05) is 17.4 Å². The summed E-state index contributed by atoms with van der Waals surface area (Å²) in [5.74, 6) is 1.07. The summed E-state index contributed by atoms with van der Waals surface area (Å²) >= 11 is 5.38. The lowest BCUT2D eigenvalue weighted by atomic mass is 10.2. The summed E-state index contributed by atoms with van der Waals surface area (Å²) < 4.78 is 6.73. The molecule has 0 unspecified atom stereocenters. The standard InChI is InChI=1S/C15H18BrNOS/c16-15-8-7-14(19-15)11-17(12-4-1-2-5-12)10-13-6-3-9-18-13/h3,6-9,12H,1-2,4-5,10-11H2. The third-order valence-electron chi connectivity index (χ3n) is 3.77. The molecule has 1 aliphatic carbocycles. The Balaban J connectivity index is 1.71. The van der Waals surface area contributed by atoms with Gasteiger partial charge in [0.05, 0.1) is 16.6 Å². The highest BCUT2D eigenvalue weighted by Crippen LogP contribution is 2.29. The van der Waals surface area contributed by atoms with Crippen molar-refractivity contribution in [3.05, 3.63) is 45.0 Å². The van der Waals surface area contributed by atoms with Crippen LogP contribution in [0.15, 0.2) is 38.7 Å². The first kappa shape index (κ1) is 13.4. The van der Waals surface area contributed by atoms with Crippen LogP contribution in [-0.2, 0) is 13.1 Å². The summed E-state index contributed by atoms with van der Waals surface area (Å²) in [4.78, 5) is 4.00.